The Hall–Kier alpha value is -2.34. The Balaban J connectivity index is 1.77. The number of hydrogen-bond donors (Lipinski definition) is 1. The highest BCUT2D eigenvalue weighted by Crippen LogP contribution is 2.30. The molecule has 3 amide bonds. The molecular formula is C19H22ClN3O3. The average molecular weight is 376 g/mol. The molecule has 1 saturated heterocycles. The van der Waals surface area contributed by atoms with Crippen molar-refractivity contribution in [3.05, 3.63) is 41.1 Å². The number of amides is 3. The Morgan fingerprint density at radius 2 is 1.81 bits per heavy atom. The summed E-state index contributed by atoms with van der Waals surface area (Å²) < 4.78 is 5.34. The summed E-state index contributed by atoms with van der Waals surface area (Å²) in [6.45, 7) is 4.09. The van der Waals surface area contributed by atoms with E-state index in [9.17, 15) is 9.59 Å². The van der Waals surface area contributed by atoms with Gasteiger partial charge in [0.15, 0.2) is 5.76 Å². The highest BCUT2D eigenvalue weighted by atomic mass is 35.5. The Morgan fingerprint density at radius 1 is 1.15 bits per heavy atom. The first-order valence-electron chi connectivity index (χ1n) is 8.84. The van der Waals surface area contributed by atoms with E-state index in [-0.39, 0.29) is 18.5 Å². The molecule has 2 heterocycles. The van der Waals surface area contributed by atoms with E-state index in [2.05, 4.69) is 10.5 Å². The van der Waals surface area contributed by atoms with E-state index in [4.69, 9.17) is 16.1 Å². The van der Waals surface area contributed by atoms with Gasteiger partial charge in [0, 0.05) is 16.7 Å². The fraction of sp³-hybridized carbons (Fsp3) is 0.421. The van der Waals surface area contributed by atoms with Gasteiger partial charge in [-0.15, -0.1) is 0 Å². The molecule has 3 rings (SSSR count). The summed E-state index contributed by atoms with van der Waals surface area (Å²) in [6, 6.07) is 8.58. The third-order valence-electron chi connectivity index (χ3n) is 4.61. The number of aromatic nitrogens is 1. The van der Waals surface area contributed by atoms with Crippen LogP contribution in [0.25, 0.3) is 11.3 Å². The largest absolute Gasteiger partial charge is 0.359 e. The third kappa shape index (κ3) is 3.46. The van der Waals surface area contributed by atoms with Crippen LogP contribution in [0.1, 0.15) is 45.3 Å². The second kappa shape index (κ2) is 7.50. The van der Waals surface area contributed by atoms with Crippen LogP contribution in [0.5, 0.6) is 0 Å². The van der Waals surface area contributed by atoms with Gasteiger partial charge in [0.25, 0.3) is 5.91 Å². The van der Waals surface area contributed by atoms with Crippen molar-refractivity contribution >= 4 is 23.5 Å². The number of halogens is 1. The molecule has 0 bridgehead atoms. The predicted molar refractivity (Wildman–Crippen MR) is 98.6 cm³/mol. The smallest absolute Gasteiger partial charge is 0.325 e. The second-order valence-corrected chi connectivity index (χ2v) is 7.03. The Morgan fingerprint density at radius 3 is 2.42 bits per heavy atom. The zero-order chi connectivity index (χ0) is 18.7. The van der Waals surface area contributed by atoms with E-state index in [0.717, 1.165) is 18.4 Å². The molecule has 0 saturated carbocycles. The first kappa shape index (κ1) is 18.5. The van der Waals surface area contributed by atoms with E-state index in [1.165, 1.54) is 4.90 Å². The first-order chi connectivity index (χ1) is 12.5. The molecule has 0 spiro atoms. The van der Waals surface area contributed by atoms with Crippen LogP contribution in [0.2, 0.25) is 5.02 Å². The van der Waals surface area contributed by atoms with Gasteiger partial charge in [-0.25, -0.2) is 4.79 Å². The van der Waals surface area contributed by atoms with Crippen molar-refractivity contribution < 1.29 is 14.1 Å². The number of carbonyl (C=O) groups excluding carboxylic acids is 2. The molecule has 1 N–H and O–H groups in total. The lowest BCUT2D eigenvalue weighted by Crippen LogP contribution is -2.46. The molecule has 1 aliphatic heterocycles. The van der Waals surface area contributed by atoms with Crippen molar-refractivity contribution in [2.75, 3.05) is 0 Å². The number of urea groups is 1. The number of imide groups is 1. The van der Waals surface area contributed by atoms with E-state index in [0.29, 0.717) is 29.3 Å². The van der Waals surface area contributed by atoms with Crippen molar-refractivity contribution in [3.63, 3.8) is 0 Å². The third-order valence-corrected chi connectivity index (χ3v) is 4.86. The first-order valence-corrected chi connectivity index (χ1v) is 9.22. The highest BCUT2D eigenvalue weighted by Gasteiger charge is 2.49. The minimum absolute atomic E-state index is 0.0699. The SMILES string of the molecule is CCCC1(CCC)NC(=O)N(Cc2cc(-c3ccc(Cl)cc3)no2)C1=O. The summed E-state index contributed by atoms with van der Waals surface area (Å²) in [5, 5.41) is 7.56. The van der Waals surface area contributed by atoms with Crippen LogP contribution in [0.4, 0.5) is 4.79 Å². The van der Waals surface area contributed by atoms with Crippen molar-refractivity contribution in [1.29, 1.82) is 0 Å². The molecule has 138 valence electrons. The van der Waals surface area contributed by atoms with Crippen LogP contribution < -0.4 is 5.32 Å². The lowest BCUT2D eigenvalue weighted by molar-refractivity contribution is -0.132. The van der Waals surface area contributed by atoms with Crippen molar-refractivity contribution in [3.8, 4) is 11.3 Å². The molecule has 1 aromatic heterocycles. The van der Waals surface area contributed by atoms with Gasteiger partial charge >= 0.3 is 6.03 Å². The molecule has 26 heavy (non-hydrogen) atoms. The van der Waals surface area contributed by atoms with Gasteiger partial charge in [0.05, 0.1) is 6.54 Å². The molecule has 7 heteroatoms. The number of carbonyl (C=O) groups is 2. The molecule has 0 atom stereocenters. The van der Waals surface area contributed by atoms with Gasteiger partial charge in [0.1, 0.15) is 11.2 Å². The van der Waals surface area contributed by atoms with Crippen LogP contribution in [-0.4, -0.2) is 27.5 Å². The molecule has 0 unspecified atom stereocenters. The van der Waals surface area contributed by atoms with Crippen LogP contribution in [0.3, 0.4) is 0 Å². The summed E-state index contributed by atoms with van der Waals surface area (Å²) in [6.07, 6.45) is 2.91. The fourth-order valence-electron chi connectivity index (χ4n) is 3.44. The predicted octanol–water partition coefficient (Wildman–Crippen LogP) is 4.39. The van der Waals surface area contributed by atoms with E-state index in [1.54, 1.807) is 18.2 Å². The molecule has 1 fully saturated rings. The maximum Gasteiger partial charge on any atom is 0.325 e. The fourth-order valence-corrected chi connectivity index (χ4v) is 3.56. The van der Waals surface area contributed by atoms with Crippen LogP contribution in [0, 0.1) is 0 Å². The molecule has 6 nitrogen and oxygen atoms in total. The van der Waals surface area contributed by atoms with Gasteiger partial charge < -0.3 is 9.84 Å². The average Bonchev–Trinajstić information content (AvgIpc) is 3.16. The summed E-state index contributed by atoms with van der Waals surface area (Å²) in [5.41, 5.74) is 0.699. The molecule has 0 radical (unpaired) electrons. The normalized spacial score (nSPS) is 16.2. The molecular weight excluding hydrogens is 354 g/mol. The van der Waals surface area contributed by atoms with E-state index < -0.39 is 5.54 Å². The van der Waals surface area contributed by atoms with Crippen molar-refractivity contribution in [2.45, 2.75) is 51.6 Å². The van der Waals surface area contributed by atoms with Gasteiger partial charge in [-0.05, 0) is 25.0 Å². The summed E-state index contributed by atoms with van der Waals surface area (Å²) in [7, 11) is 0. The minimum Gasteiger partial charge on any atom is -0.359 e. The summed E-state index contributed by atoms with van der Waals surface area (Å²) in [5.74, 6) is 0.276. The molecule has 1 aromatic carbocycles. The summed E-state index contributed by atoms with van der Waals surface area (Å²) >= 11 is 5.90. The number of rotatable bonds is 7. The summed E-state index contributed by atoms with van der Waals surface area (Å²) in [4.78, 5) is 26.5. The quantitative estimate of drug-likeness (QED) is 0.728. The second-order valence-electron chi connectivity index (χ2n) is 6.59. The van der Waals surface area contributed by atoms with Gasteiger partial charge in [-0.2, -0.15) is 0 Å². The Bertz CT molecular complexity index is 795. The maximum absolute atomic E-state index is 12.9. The number of nitrogens with one attached hydrogen (secondary N) is 1. The lowest BCUT2D eigenvalue weighted by atomic mass is 9.88. The van der Waals surface area contributed by atoms with Gasteiger partial charge in [0.2, 0.25) is 0 Å². The molecule has 1 aliphatic rings. The monoisotopic (exact) mass is 375 g/mol. The number of nitrogens with zero attached hydrogens (tertiary/aromatic N) is 2. The molecule has 0 aliphatic carbocycles. The Kier molecular flexibility index (Phi) is 5.32. The standard InChI is InChI=1S/C19H22ClN3O3/c1-3-9-19(10-4-2)17(24)23(18(25)21-19)12-15-11-16(22-26-15)13-5-7-14(20)8-6-13/h5-8,11H,3-4,9-10,12H2,1-2H3,(H,21,25). The van der Waals surface area contributed by atoms with Crippen molar-refractivity contribution in [1.82, 2.24) is 15.4 Å². The van der Waals surface area contributed by atoms with E-state index in [1.807, 2.05) is 26.0 Å². The van der Waals surface area contributed by atoms with Crippen LogP contribution >= 0.6 is 11.6 Å². The molecule has 2 aromatic rings. The Labute approximate surface area is 157 Å². The number of hydrogen-bond acceptors (Lipinski definition) is 4. The number of benzene rings is 1. The van der Waals surface area contributed by atoms with Crippen LogP contribution in [0.15, 0.2) is 34.9 Å². The lowest BCUT2D eigenvalue weighted by Gasteiger charge is -2.25. The maximum atomic E-state index is 12.9. The van der Waals surface area contributed by atoms with E-state index >= 15 is 0 Å². The highest BCUT2D eigenvalue weighted by molar-refractivity contribution is 6.30. The minimum atomic E-state index is -0.792. The van der Waals surface area contributed by atoms with Gasteiger partial charge in [-0.3, -0.25) is 9.69 Å². The topological polar surface area (TPSA) is 75.4 Å². The zero-order valence-corrected chi connectivity index (χ0v) is 15.7. The van der Waals surface area contributed by atoms with Crippen LogP contribution in [-0.2, 0) is 11.3 Å². The van der Waals surface area contributed by atoms with Crippen molar-refractivity contribution in [2.24, 2.45) is 0 Å². The van der Waals surface area contributed by atoms with Gasteiger partial charge in [-0.1, -0.05) is 55.6 Å². The zero-order valence-electron chi connectivity index (χ0n) is 14.9.